The smallest absolute Gasteiger partial charge is 0.272 e. The molecule has 0 amide bonds. The van der Waals surface area contributed by atoms with Crippen LogP contribution in [-0.2, 0) is 6.54 Å². The maximum atomic E-state index is 10.9. The summed E-state index contributed by atoms with van der Waals surface area (Å²) < 4.78 is 0.892. The third kappa shape index (κ3) is 3.49. The van der Waals surface area contributed by atoms with Gasteiger partial charge in [0, 0.05) is 27.7 Å². The number of hydrogen-bond acceptors (Lipinski definition) is 3. The van der Waals surface area contributed by atoms with Gasteiger partial charge in [-0.1, -0.05) is 23.7 Å². The van der Waals surface area contributed by atoms with E-state index in [-0.39, 0.29) is 10.6 Å². The SMILES string of the molecule is Cc1ccc(CNc2cc(Cl)ccc2Br)cc1[N+](=O)[O-]. The first-order valence-corrected chi connectivity index (χ1v) is 7.07. The van der Waals surface area contributed by atoms with E-state index in [0.717, 1.165) is 15.7 Å². The zero-order valence-electron chi connectivity index (χ0n) is 10.7. The molecule has 1 N–H and O–H groups in total. The second-order valence-corrected chi connectivity index (χ2v) is 5.65. The van der Waals surface area contributed by atoms with Crippen LogP contribution < -0.4 is 5.32 Å². The Labute approximate surface area is 130 Å². The molecule has 2 aromatic carbocycles. The van der Waals surface area contributed by atoms with Crippen LogP contribution in [-0.4, -0.2) is 4.92 Å². The minimum atomic E-state index is -0.367. The Morgan fingerprint density at radius 1 is 1.30 bits per heavy atom. The molecule has 0 bridgehead atoms. The summed E-state index contributed by atoms with van der Waals surface area (Å²) in [7, 11) is 0. The van der Waals surface area contributed by atoms with Crippen LogP contribution in [0.1, 0.15) is 11.1 Å². The third-order valence-electron chi connectivity index (χ3n) is 2.88. The van der Waals surface area contributed by atoms with Gasteiger partial charge in [0.15, 0.2) is 0 Å². The number of benzene rings is 2. The van der Waals surface area contributed by atoms with Crippen molar-refractivity contribution in [3.05, 3.63) is 67.1 Å². The number of nitro benzene ring substituents is 1. The summed E-state index contributed by atoms with van der Waals surface area (Å²) >= 11 is 9.36. The van der Waals surface area contributed by atoms with E-state index in [2.05, 4.69) is 21.2 Å². The lowest BCUT2D eigenvalue weighted by Crippen LogP contribution is -2.01. The Kier molecular flexibility index (Phi) is 4.62. The molecule has 0 unspecified atom stereocenters. The van der Waals surface area contributed by atoms with E-state index in [1.807, 2.05) is 12.1 Å². The Bertz CT molecular complexity index is 662. The van der Waals surface area contributed by atoms with Gasteiger partial charge in [-0.2, -0.15) is 0 Å². The molecule has 0 saturated heterocycles. The number of halogens is 2. The summed E-state index contributed by atoms with van der Waals surface area (Å²) in [6.07, 6.45) is 0. The molecule has 20 heavy (non-hydrogen) atoms. The van der Waals surface area contributed by atoms with Gasteiger partial charge in [-0.3, -0.25) is 10.1 Å². The van der Waals surface area contributed by atoms with Gasteiger partial charge in [0.25, 0.3) is 5.69 Å². The lowest BCUT2D eigenvalue weighted by Gasteiger charge is -2.09. The molecule has 2 rings (SSSR count). The van der Waals surface area contributed by atoms with E-state index in [9.17, 15) is 10.1 Å². The molecule has 2 aromatic rings. The highest BCUT2D eigenvalue weighted by atomic mass is 79.9. The molecule has 0 aliphatic heterocycles. The van der Waals surface area contributed by atoms with E-state index >= 15 is 0 Å². The summed E-state index contributed by atoms with van der Waals surface area (Å²) in [6, 6.07) is 10.6. The summed E-state index contributed by atoms with van der Waals surface area (Å²) in [5.41, 5.74) is 2.48. The average molecular weight is 356 g/mol. The standard InChI is InChI=1S/C14H12BrClN2O2/c1-9-2-3-10(6-14(9)18(19)20)8-17-13-7-11(16)4-5-12(13)15/h2-7,17H,8H2,1H3. The van der Waals surface area contributed by atoms with Crippen LogP contribution in [0.4, 0.5) is 11.4 Å². The van der Waals surface area contributed by atoms with Crippen molar-refractivity contribution in [2.24, 2.45) is 0 Å². The van der Waals surface area contributed by atoms with Crippen molar-refractivity contribution in [3.63, 3.8) is 0 Å². The quantitative estimate of drug-likeness (QED) is 0.625. The first-order chi connectivity index (χ1) is 9.47. The van der Waals surface area contributed by atoms with E-state index in [1.54, 1.807) is 31.2 Å². The molecule has 0 heterocycles. The minimum Gasteiger partial charge on any atom is -0.380 e. The summed E-state index contributed by atoms with van der Waals surface area (Å²) in [4.78, 5) is 10.5. The van der Waals surface area contributed by atoms with Crippen molar-refractivity contribution in [1.82, 2.24) is 0 Å². The molecule has 0 radical (unpaired) electrons. The molecular weight excluding hydrogens is 344 g/mol. The number of hydrogen-bond donors (Lipinski definition) is 1. The van der Waals surface area contributed by atoms with E-state index < -0.39 is 0 Å². The van der Waals surface area contributed by atoms with Gasteiger partial charge >= 0.3 is 0 Å². The molecule has 104 valence electrons. The molecular formula is C14H12BrClN2O2. The van der Waals surface area contributed by atoms with Crippen molar-refractivity contribution in [2.75, 3.05) is 5.32 Å². The fourth-order valence-corrected chi connectivity index (χ4v) is 2.35. The highest BCUT2D eigenvalue weighted by molar-refractivity contribution is 9.10. The first kappa shape index (κ1) is 14.8. The van der Waals surface area contributed by atoms with Crippen LogP contribution in [0, 0.1) is 17.0 Å². The number of rotatable bonds is 4. The van der Waals surface area contributed by atoms with Gasteiger partial charge in [-0.25, -0.2) is 0 Å². The van der Waals surface area contributed by atoms with Gasteiger partial charge in [-0.05, 0) is 46.6 Å². The van der Waals surface area contributed by atoms with Gasteiger partial charge in [-0.15, -0.1) is 0 Å². The minimum absolute atomic E-state index is 0.134. The van der Waals surface area contributed by atoms with Gasteiger partial charge in [0.05, 0.1) is 10.6 Å². The Morgan fingerprint density at radius 2 is 2.05 bits per heavy atom. The van der Waals surface area contributed by atoms with Crippen molar-refractivity contribution < 1.29 is 4.92 Å². The molecule has 0 aliphatic carbocycles. The summed E-state index contributed by atoms with van der Waals surface area (Å²) in [5, 5.41) is 14.7. The molecule has 6 heteroatoms. The van der Waals surface area contributed by atoms with Crippen molar-refractivity contribution in [1.29, 1.82) is 0 Å². The number of aryl methyl sites for hydroxylation is 1. The molecule has 0 aromatic heterocycles. The summed E-state index contributed by atoms with van der Waals surface area (Å²) in [5.74, 6) is 0. The van der Waals surface area contributed by atoms with Crippen LogP contribution in [0.5, 0.6) is 0 Å². The third-order valence-corrected chi connectivity index (χ3v) is 3.81. The monoisotopic (exact) mass is 354 g/mol. The van der Waals surface area contributed by atoms with Crippen LogP contribution in [0.3, 0.4) is 0 Å². The number of anilines is 1. The normalized spacial score (nSPS) is 10.3. The average Bonchev–Trinajstić information content (AvgIpc) is 2.41. The topological polar surface area (TPSA) is 55.2 Å². The van der Waals surface area contributed by atoms with Crippen molar-refractivity contribution in [3.8, 4) is 0 Å². The predicted octanol–water partition coefficient (Wildman–Crippen LogP) is 4.93. The second kappa shape index (κ2) is 6.24. The highest BCUT2D eigenvalue weighted by Crippen LogP contribution is 2.27. The van der Waals surface area contributed by atoms with E-state index in [4.69, 9.17) is 11.6 Å². The Morgan fingerprint density at radius 3 is 2.75 bits per heavy atom. The van der Waals surface area contributed by atoms with Crippen molar-refractivity contribution >= 4 is 38.9 Å². The molecule has 0 atom stereocenters. The van der Waals surface area contributed by atoms with Crippen molar-refractivity contribution in [2.45, 2.75) is 13.5 Å². The number of nitrogens with zero attached hydrogens (tertiary/aromatic N) is 1. The largest absolute Gasteiger partial charge is 0.380 e. The molecule has 0 aliphatic rings. The van der Waals surface area contributed by atoms with Gasteiger partial charge < -0.3 is 5.32 Å². The molecule has 4 nitrogen and oxygen atoms in total. The van der Waals surface area contributed by atoms with E-state index in [0.29, 0.717) is 17.1 Å². The molecule has 0 spiro atoms. The lowest BCUT2D eigenvalue weighted by atomic mass is 10.1. The van der Waals surface area contributed by atoms with Gasteiger partial charge in [0.1, 0.15) is 0 Å². The fourth-order valence-electron chi connectivity index (χ4n) is 1.79. The molecule has 0 saturated carbocycles. The Hall–Kier alpha value is -1.59. The lowest BCUT2D eigenvalue weighted by molar-refractivity contribution is -0.385. The highest BCUT2D eigenvalue weighted by Gasteiger charge is 2.11. The zero-order chi connectivity index (χ0) is 14.7. The number of nitrogens with one attached hydrogen (secondary N) is 1. The van der Waals surface area contributed by atoms with Crippen LogP contribution in [0.15, 0.2) is 40.9 Å². The predicted molar refractivity (Wildman–Crippen MR) is 84.3 cm³/mol. The first-order valence-electron chi connectivity index (χ1n) is 5.90. The second-order valence-electron chi connectivity index (χ2n) is 4.36. The molecule has 0 fully saturated rings. The van der Waals surface area contributed by atoms with Crippen LogP contribution >= 0.6 is 27.5 Å². The number of nitro groups is 1. The Balaban J connectivity index is 2.17. The van der Waals surface area contributed by atoms with Crippen LogP contribution in [0.2, 0.25) is 5.02 Å². The fraction of sp³-hybridized carbons (Fsp3) is 0.143. The van der Waals surface area contributed by atoms with E-state index in [1.165, 1.54) is 0 Å². The summed E-state index contributed by atoms with van der Waals surface area (Å²) in [6.45, 7) is 2.21. The van der Waals surface area contributed by atoms with Gasteiger partial charge in [0.2, 0.25) is 0 Å². The van der Waals surface area contributed by atoms with Crippen LogP contribution in [0.25, 0.3) is 0 Å². The zero-order valence-corrected chi connectivity index (χ0v) is 13.0. The maximum absolute atomic E-state index is 10.9. The maximum Gasteiger partial charge on any atom is 0.272 e.